The summed E-state index contributed by atoms with van der Waals surface area (Å²) in [6.07, 6.45) is 85.2. The number of hydrogen-bond donors (Lipinski definition) is 4. The van der Waals surface area contributed by atoms with Gasteiger partial charge in [-0.05, 0) is 49.4 Å². The van der Waals surface area contributed by atoms with Crippen molar-refractivity contribution < 1.29 is 25.3 Å². The molecule has 0 aromatic carbocycles. The monoisotopic (exact) mass is 1580 g/mol. The molecule has 0 amide bonds. The predicted molar refractivity (Wildman–Crippen MR) is 456 cm³/mol. The molecule has 0 aromatic rings. The Hall–Kier alpha value is 1.15. The van der Waals surface area contributed by atoms with Crippen LogP contribution in [0.1, 0.15) is 441 Å². The molecule has 0 radical (unpaired) electrons. The van der Waals surface area contributed by atoms with Crippen LogP contribution >= 0.6 is 48.9 Å². The van der Waals surface area contributed by atoms with E-state index in [9.17, 15) is 0 Å². The van der Waals surface area contributed by atoms with Gasteiger partial charge in [0.1, 0.15) is 0 Å². The molecule has 95 heavy (non-hydrogen) atoms. The minimum Gasteiger partial charge on any atom is -0.412 e. The van der Waals surface area contributed by atoms with Crippen molar-refractivity contribution >= 4 is 129 Å². The zero-order chi connectivity index (χ0) is 70.7. The van der Waals surface area contributed by atoms with E-state index in [1.165, 1.54) is 385 Å². The van der Waals surface area contributed by atoms with Gasteiger partial charge in [-0.3, -0.25) is 0 Å². The van der Waals surface area contributed by atoms with Crippen LogP contribution in [0.2, 0.25) is 0 Å². The van der Waals surface area contributed by atoms with Gasteiger partial charge in [-0.15, -0.1) is 0 Å². The zero-order valence-electron chi connectivity index (χ0n) is 64.1. The van der Waals surface area contributed by atoms with Crippen molar-refractivity contribution in [3.05, 3.63) is 0 Å². The van der Waals surface area contributed by atoms with E-state index in [1.807, 2.05) is 0 Å². The van der Waals surface area contributed by atoms with E-state index in [0.29, 0.717) is 41.0 Å². The van der Waals surface area contributed by atoms with Crippen LogP contribution in [0.3, 0.4) is 0 Å². The third-order valence-corrected chi connectivity index (χ3v) is 19.7. The summed E-state index contributed by atoms with van der Waals surface area (Å²) >= 11 is 41.7. The minimum absolute atomic E-state index is 0. The topological polar surface area (TPSA) is 65.2 Å². The maximum absolute atomic E-state index is 7.83. The molecule has 5 nitrogen and oxygen atoms in total. The minimum atomic E-state index is 0. The van der Waals surface area contributed by atoms with Gasteiger partial charge < -0.3 is 121 Å². The SMILES string of the molecule is CCCCCCCCCCCCCCCCC(C)CNC(=S)[S-].CCCCCCCCCCCCCCCCC(C)CNC(=S)[S-].CCCCCCCCCCCCCCCCC(C)CNC(=S)[S-].CCCCCCCCCCCCCCCCC(C)CNC(=S)[S-].O=S.[Mo+4]. The number of unbranched alkanes of at least 4 members (excludes halogenated alkanes) is 52. The summed E-state index contributed by atoms with van der Waals surface area (Å²) in [6.45, 7) is 22.1. The average Bonchev–Trinajstić information content (AvgIpc) is 3.70. The van der Waals surface area contributed by atoms with Crippen LogP contribution < -0.4 is 21.3 Å². The van der Waals surface area contributed by atoms with Crippen molar-refractivity contribution in [2.24, 2.45) is 23.7 Å². The molecule has 0 bridgehead atoms. The molecule has 0 aliphatic carbocycles. The van der Waals surface area contributed by atoms with E-state index >= 15 is 0 Å². The smallest absolute Gasteiger partial charge is 0.412 e. The first-order valence-electron chi connectivity index (χ1n) is 40.6. The molecule has 0 aliphatic heterocycles. The van der Waals surface area contributed by atoms with E-state index in [0.717, 1.165) is 26.2 Å². The molecular weight excluding hydrogens is 1420 g/mol. The Kier molecular flexibility index (Phi) is 110. The van der Waals surface area contributed by atoms with Gasteiger partial charge in [0, 0.05) is 26.2 Å². The maximum Gasteiger partial charge on any atom is 4.00 e. The molecule has 0 saturated carbocycles. The van der Waals surface area contributed by atoms with Gasteiger partial charge in [0.15, 0.2) is 12.5 Å². The average molecular weight is 1580 g/mol. The second-order valence-electron chi connectivity index (χ2n) is 28.6. The van der Waals surface area contributed by atoms with Crippen molar-refractivity contribution in [1.29, 1.82) is 0 Å². The Morgan fingerprint density at radius 3 is 0.411 bits per heavy atom. The zero-order valence-corrected chi connectivity index (χ0v) is 73.4. The molecule has 566 valence electrons. The fourth-order valence-electron chi connectivity index (χ4n) is 12.2. The Morgan fingerprint density at radius 1 is 0.221 bits per heavy atom. The van der Waals surface area contributed by atoms with Crippen LogP contribution in [-0.4, -0.2) is 47.7 Å². The molecule has 0 saturated heterocycles. The summed E-state index contributed by atoms with van der Waals surface area (Å²) in [5.41, 5.74) is 0. The van der Waals surface area contributed by atoms with E-state index in [-0.39, 0.29) is 21.1 Å². The summed E-state index contributed by atoms with van der Waals surface area (Å²) in [6, 6.07) is 0. The number of hydrogen-bond acceptors (Lipinski definition) is 10. The molecule has 15 heteroatoms. The number of thiocarbonyl (C=S) groups is 4. The quantitative estimate of drug-likeness (QED) is 0.0202. The predicted octanol–water partition coefficient (Wildman–Crippen LogP) is 27.3. The molecule has 4 N–H and O–H groups in total. The van der Waals surface area contributed by atoms with E-state index < -0.39 is 0 Å². The third-order valence-electron chi connectivity index (χ3n) is 18.6. The summed E-state index contributed by atoms with van der Waals surface area (Å²) in [5.74, 6) is 2.75. The molecule has 0 aromatic heterocycles. The number of rotatable bonds is 68. The van der Waals surface area contributed by atoms with Crippen LogP contribution in [0.4, 0.5) is 0 Å². The number of nitrogens with one attached hydrogen (secondary N) is 4. The van der Waals surface area contributed by atoms with Crippen LogP contribution in [0.25, 0.3) is 0 Å². The normalized spacial score (nSPS) is 11.9. The Morgan fingerprint density at radius 2 is 0.316 bits per heavy atom. The van der Waals surface area contributed by atoms with E-state index in [2.05, 4.69) is 89.2 Å². The summed E-state index contributed by atoms with van der Waals surface area (Å²) in [7, 11) is 0. The van der Waals surface area contributed by atoms with Crippen molar-refractivity contribution in [3.63, 3.8) is 0 Å². The molecular formula is C80H160MoN4OS9. The first-order chi connectivity index (χ1) is 45.7. The Labute approximate surface area is 660 Å². The van der Waals surface area contributed by atoms with Crippen LogP contribution in [0.15, 0.2) is 0 Å². The molecule has 0 fully saturated rings. The van der Waals surface area contributed by atoms with Crippen molar-refractivity contribution in [3.8, 4) is 0 Å². The van der Waals surface area contributed by atoms with Gasteiger partial charge in [0.25, 0.3) is 0 Å². The molecule has 0 heterocycles. The molecule has 0 spiro atoms. The fourth-order valence-corrected chi connectivity index (χ4v) is 12.9. The molecule has 0 rings (SSSR count). The first kappa shape index (κ1) is 107. The summed E-state index contributed by atoms with van der Waals surface area (Å²) < 4.78 is 9.88. The van der Waals surface area contributed by atoms with Gasteiger partial charge in [0.05, 0.1) is 0 Å². The molecule has 4 unspecified atom stereocenters. The third kappa shape index (κ3) is 114. The van der Waals surface area contributed by atoms with Crippen molar-refractivity contribution in [1.82, 2.24) is 21.3 Å². The largest absolute Gasteiger partial charge is 4.00 e. The van der Waals surface area contributed by atoms with E-state index in [1.54, 1.807) is 0 Å². The van der Waals surface area contributed by atoms with Crippen LogP contribution in [0, 0.1) is 23.7 Å². The van der Waals surface area contributed by atoms with Gasteiger partial charge in [-0.25, -0.2) is 0 Å². The molecule has 0 aliphatic rings. The first-order valence-corrected chi connectivity index (χ1v) is 44.2. The Bertz CT molecular complexity index is 1270. The van der Waals surface area contributed by atoms with Crippen LogP contribution in [-0.2, 0) is 84.1 Å². The van der Waals surface area contributed by atoms with Gasteiger partial charge in [-0.1, -0.05) is 432 Å². The fraction of sp³-hybridized carbons (Fsp3) is 0.950. The van der Waals surface area contributed by atoms with Gasteiger partial charge >= 0.3 is 21.1 Å². The van der Waals surface area contributed by atoms with Crippen LogP contribution in [0.5, 0.6) is 0 Å². The second kappa shape index (κ2) is 97.2. The van der Waals surface area contributed by atoms with Crippen molar-refractivity contribution in [2.45, 2.75) is 441 Å². The van der Waals surface area contributed by atoms with Crippen molar-refractivity contribution in [2.75, 3.05) is 26.2 Å². The van der Waals surface area contributed by atoms with Gasteiger partial charge in [-0.2, -0.15) is 4.21 Å². The summed E-state index contributed by atoms with van der Waals surface area (Å²) in [4.78, 5) is 0. The summed E-state index contributed by atoms with van der Waals surface area (Å²) in [5, 5.41) is 12.4. The molecule has 4 atom stereocenters. The second-order valence-corrected chi connectivity index (χ2v) is 32.9. The van der Waals surface area contributed by atoms with E-state index in [4.69, 9.17) is 104 Å². The Balaban J connectivity index is -0.000000274. The maximum atomic E-state index is 7.83. The van der Waals surface area contributed by atoms with Gasteiger partial charge in [0.2, 0.25) is 0 Å². The standard InChI is InChI=1S/4C20H41NS2.Mo.OS/c4*1-3-4-5-6-7-8-9-10-11-12-13-14-15-16-17-19(2)18-21-20(22)23;;1-2/h4*19H,3-18H2,1-2H3,(H2,21,22,23);;/q;;;;+4;/p-4.